The van der Waals surface area contributed by atoms with E-state index in [-0.39, 0.29) is 11.8 Å². The summed E-state index contributed by atoms with van der Waals surface area (Å²) >= 11 is 0. The first-order chi connectivity index (χ1) is 12.0. The van der Waals surface area contributed by atoms with Gasteiger partial charge in [0.1, 0.15) is 5.82 Å². The molecule has 0 spiro atoms. The number of amides is 1. The summed E-state index contributed by atoms with van der Waals surface area (Å²) in [6, 6.07) is 4.39. The molecule has 2 saturated carbocycles. The van der Waals surface area contributed by atoms with Crippen LogP contribution in [0.5, 0.6) is 0 Å². The molecule has 0 aromatic heterocycles. The van der Waals surface area contributed by atoms with Gasteiger partial charge in [-0.05, 0) is 67.9 Å². The standard InChI is InChI=1S/C20H24FNO3/c1-3-25-19(23)7-5-14-9-16(21)12-17(10-14)22(2)20(24)18-11-13-4-6-15(18)8-13/h5,7,9-10,12-13,15,18H,3-4,6,8,11H2,1-2H3/b7-5+. The predicted molar refractivity (Wildman–Crippen MR) is 94.4 cm³/mol. The van der Waals surface area contributed by atoms with E-state index in [1.54, 1.807) is 24.9 Å². The molecule has 0 aliphatic heterocycles. The van der Waals surface area contributed by atoms with Gasteiger partial charge in [-0.15, -0.1) is 0 Å². The Hall–Kier alpha value is -2.17. The second-order valence-electron chi connectivity index (χ2n) is 7.01. The number of carbonyl (C=O) groups is 2. The van der Waals surface area contributed by atoms with Crippen LogP contribution in [0.15, 0.2) is 24.3 Å². The molecule has 2 fully saturated rings. The van der Waals surface area contributed by atoms with Crippen LogP contribution in [0.3, 0.4) is 0 Å². The van der Waals surface area contributed by atoms with Crippen molar-refractivity contribution in [2.24, 2.45) is 17.8 Å². The summed E-state index contributed by atoms with van der Waals surface area (Å²) < 4.78 is 18.8. The summed E-state index contributed by atoms with van der Waals surface area (Å²) in [6.07, 6.45) is 7.24. The molecule has 3 atom stereocenters. The minimum atomic E-state index is -0.472. The molecule has 3 unspecified atom stereocenters. The number of hydrogen-bond acceptors (Lipinski definition) is 3. The largest absolute Gasteiger partial charge is 0.463 e. The molecule has 5 heteroatoms. The highest BCUT2D eigenvalue weighted by Crippen LogP contribution is 2.49. The van der Waals surface area contributed by atoms with E-state index in [1.807, 2.05) is 0 Å². The van der Waals surface area contributed by atoms with Crippen LogP contribution in [-0.4, -0.2) is 25.5 Å². The van der Waals surface area contributed by atoms with Crippen molar-refractivity contribution in [3.05, 3.63) is 35.7 Å². The van der Waals surface area contributed by atoms with Crippen LogP contribution in [0.2, 0.25) is 0 Å². The number of hydrogen-bond donors (Lipinski definition) is 0. The molecule has 4 nitrogen and oxygen atoms in total. The van der Waals surface area contributed by atoms with Crippen LogP contribution >= 0.6 is 0 Å². The molecule has 0 N–H and O–H groups in total. The third-order valence-electron chi connectivity index (χ3n) is 5.38. The van der Waals surface area contributed by atoms with Crippen molar-refractivity contribution in [3.63, 3.8) is 0 Å². The van der Waals surface area contributed by atoms with Gasteiger partial charge in [0.25, 0.3) is 0 Å². The zero-order valence-electron chi connectivity index (χ0n) is 14.7. The van der Waals surface area contributed by atoms with Crippen LogP contribution in [0.1, 0.15) is 38.2 Å². The fourth-order valence-corrected chi connectivity index (χ4v) is 4.16. The molecule has 0 saturated heterocycles. The number of nitrogens with zero attached hydrogens (tertiary/aromatic N) is 1. The number of fused-ring (bicyclic) bond motifs is 2. The van der Waals surface area contributed by atoms with Gasteiger partial charge in [-0.2, -0.15) is 0 Å². The average molecular weight is 345 g/mol. The first kappa shape index (κ1) is 17.6. The van der Waals surface area contributed by atoms with Gasteiger partial charge in [-0.25, -0.2) is 9.18 Å². The molecule has 2 bridgehead atoms. The Kier molecular flexibility index (Phi) is 5.21. The number of benzene rings is 1. The average Bonchev–Trinajstić information content (AvgIpc) is 3.21. The number of ether oxygens (including phenoxy) is 1. The Morgan fingerprint density at radius 2 is 2.08 bits per heavy atom. The number of esters is 1. The number of rotatable bonds is 5. The summed E-state index contributed by atoms with van der Waals surface area (Å²) in [5.41, 5.74) is 1.03. The van der Waals surface area contributed by atoms with Crippen molar-refractivity contribution in [1.82, 2.24) is 0 Å². The first-order valence-corrected chi connectivity index (χ1v) is 8.91. The molecule has 0 radical (unpaired) electrons. The Bertz CT molecular complexity index is 700. The predicted octanol–water partition coefficient (Wildman–Crippen LogP) is 3.80. The number of halogens is 1. The fraction of sp³-hybridized carbons (Fsp3) is 0.500. The summed E-state index contributed by atoms with van der Waals surface area (Å²) in [5.74, 6) is 0.386. The van der Waals surface area contributed by atoms with Gasteiger partial charge in [0.2, 0.25) is 5.91 Å². The topological polar surface area (TPSA) is 46.6 Å². The lowest BCUT2D eigenvalue weighted by atomic mass is 9.87. The van der Waals surface area contributed by atoms with Gasteiger partial charge in [-0.3, -0.25) is 4.79 Å². The van der Waals surface area contributed by atoms with Crippen molar-refractivity contribution in [2.75, 3.05) is 18.6 Å². The maximum absolute atomic E-state index is 14.0. The summed E-state index contributed by atoms with van der Waals surface area (Å²) in [5, 5.41) is 0. The highest BCUT2D eigenvalue weighted by atomic mass is 19.1. The third kappa shape index (κ3) is 3.91. The second-order valence-corrected chi connectivity index (χ2v) is 7.01. The van der Waals surface area contributed by atoms with Gasteiger partial charge in [0.05, 0.1) is 6.61 Å². The smallest absolute Gasteiger partial charge is 0.330 e. The van der Waals surface area contributed by atoms with E-state index >= 15 is 0 Å². The number of carbonyl (C=O) groups excluding carboxylic acids is 2. The van der Waals surface area contributed by atoms with Crippen molar-refractivity contribution < 1.29 is 18.7 Å². The van der Waals surface area contributed by atoms with Crippen molar-refractivity contribution in [1.29, 1.82) is 0 Å². The van der Waals surface area contributed by atoms with E-state index in [9.17, 15) is 14.0 Å². The third-order valence-corrected chi connectivity index (χ3v) is 5.38. The molecular weight excluding hydrogens is 321 g/mol. The van der Waals surface area contributed by atoms with Gasteiger partial charge >= 0.3 is 5.97 Å². The molecule has 134 valence electrons. The lowest BCUT2D eigenvalue weighted by molar-refractivity contribution is -0.137. The van der Waals surface area contributed by atoms with Gasteiger partial charge in [0, 0.05) is 24.7 Å². The highest BCUT2D eigenvalue weighted by molar-refractivity contribution is 5.95. The van der Waals surface area contributed by atoms with Crippen molar-refractivity contribution in [2.45, 2.75) is 32.6 Å². The second kappa shape index (κ2) is 7.38. The normalized spacial score (nSPS) is 24.7. The lowest BCUT2D eigenvalue weighted by Gasteiger charge is -2.27. The molecule has 1 aromatic carbocycles. The zero-order chi connectivity index (χ0) is 18.0. The Morgan fingerprint density at radius 1 is 1.28 bits per heavy atom. The molecule has 2 aliphatic carbocycles. The monoisotopic (exact) mass is 345 g/mol. The fourth-order valence-electron chi connectivity index (χ4n) is 4.16. The Labute approximate surface area is 147 Å². The summed E-state index contributed by atoms with van der Waals surface area (Å²) in [7, 11) is 1.70. The molecule has 3 rings (SSSR count). The first-order valence-electron chi connectivity index (χ1n) is 8.91. The van der Waals surface area contributed by atoms with Crippen molar-refractivity contribution >= 4 is 23.6 Å². The van der Waals surface area contributed by atoms with E-state index < -0.39 is 11.8 Å². The maximum Gasteiger partial charge on any atom is 0.330 e. The van der Waals surface area contributed by atoms with E-state index in [1.165, 1.54) is 30.7 Å². The highest BCUT2D eigenvalue weighted by Gasteiger charge is 2.44. The van der Waals surface area contributed by atoms with E-state index in [2.05, 4.69) is 0 Å². The molecule has 1 amide bonds. The van der Waals surface area contributed by atoms with Crippen molar-refractivity contribution in [3.8, 4) is 0 Å². The molecular formula is C20H24FNO3. The number of anilines is 1. The van der Waals surface area contributed by atoms with Gasteiger partial charge in [-0.1, -0.05) is 6.42 Å². The van der Waals surface area contributed by atoms with Gasteiger partial charge in [0.15, 0.2) is 0 Å². The van der Waals surface area contributed by atoms with Crippen LogP contribution < -0.4 is 4.90 Å². The van der Waals surface area contributed by atoms with Crippen LogP contribution in [-0.2, 0) is 14.3 Å². The Morgan fingerprint density at radius 3 is 2.72 bits per heavy atom. The van der Waals surface area contributed by atoms with E-state index in [0.717, 1.165) is 19.3 Å². The molecule has 25 heavy (non-hydrogen) atoms. The SMILES string of the molecule is CCOC(=O)/C=C/c1cc(F)cc(N(C)C(=O)C2CC3CCC2C3)c1. The Balaban J connectivity index is 1.75. The molecule has 2 aliphatic rings. The quantitative estimate of drug-likeness (QED) is 0.602. The summed E-state index contributed by atoms with van der Waals surface area (Å²) in [4.78, 5) is 25.8. The van der Waals surface area contributed by atoms with E-state index in [0.29, 0.717) is 29.7 Å². The summed E-state index contributed by atoms with van der Waals surface area (Å²) in [6.45, 7) is 2.01. The minimum Gasteiger partial charge on any atom is -0.463 e. The lowest BCUT2D eigenvalue weighted by Crippen LogP contribution is -2.35. The van der Waals surface area contributed by atoms with Gasteiger partial charge < -0.3 is 9.64 Å². The van der Waals surface area contributed by atoms with Crippen LogP contribution in [0.25, 0.3) is 6.08 Å². The zero-order valence-corrected chi connectivity index (χ0v) is 14.7. The molecule has 1 aromatic rings. The van der Waals surface area contributed by atoms with Crippen LogP contribution in [0, 0.1) is 23.6 Å². The van der Waals surface area contributed by atoms with E-state index in [4.69, 9.17) is 4.74 Å². The molecule has 0 heterocycles. The minimum absolute atomic E-state index is 0.0607. The van der Waals surface area contributed by atoms with Crippen LogP contribution in [0.4, 0.5) is 10.1 Å². The maximum atomic E-state index is 14.0.